The normalized spacial score (nSPS) is 29.2. The Morgan fingerprint density at radius 1 is 1.31 bits per heavy atom. The van der Waals surface area contributed by atoms with E-state index in [1.165, 1.54) is 29.5 Å². The van der Waals surface area contributed by atoms with Crippen LogP contribution in [0.3, 0.4) is 0 Å². The number of nitrogens with zero attached hydrogens (tertiary/aromatic N) is 1. The average Bonchev–Trinajstić information content (AvgIpc) is 2.28. The summed E-state index contributed by atoms with van der Waals surface area (Å²) in [6, 6.07) is 9.50. The molecule has 0 aromatic heterocycles. The smallest absolute Gasteiger partial charge is 0.0360 e. The van der Waals surface area contributed by atoms with Gasteiger partial charge in [-0.25, -0.2) is 0 Å². The molecule has 2 aliphatic rings. The van der Waals surface area contributed by atoms with Crippen molar-refractivity contribution in [3.8, 4) is 0 Å². The summed E-state index contributed by atoms with van der Waals surface area (Å²) in [4.78, 5) is 2.40. The van der Waals surface area contributed by atoms with Gasteiger partial charge in [0.25, 0.3) is 0 Å². The lowest BCUT2D eigenvalue weighted by molar-refractivity contribution is 0.257. The quantitative estimate of drug-likeness (QED) is 0.711. The van der Waals surface area contributed by atoms with Gasteiger partial charge in [-0.05, 0) is 36.6 Å². The number of fused-ring (bicyclic) bond motifs is 3. The predicted octanol–water partition coefficient (Wildman–Crippen LogP) is 1.66. The van der Waals surface area contributed by atoms with Gasteiger partial charge < -0.3 is 5.73 Å². The highest BCUT2D eigenvalue weighted by molar-refractivity contribution is 5.75. The molecule has 2 N–H and O–H groups in total. The molecule has 0 amide bonds. The highest BCUT2D eigenvalue weighted by atomic mass is 15.1. The third kappa shape index (κ3) is 1.49. The zero-order chi connectivity index (χ0) is 11.1. The summed E-state index contributed by atoms with van der Waals surface area (Å²) >= 11 is 0. The minimum atomic E-state index is 0.183. The molecule has 1 aromatic rings. The van der Waals surface area contributed by atoms with Crippen molar-refractivity contribution in [2.45, 2.75) is 24.9 Å². The number of rotatable bonds is 0. The fraction of sp³-hybridized carbons (Fsp3) is 0.429. The molecule has 0 spiro atoms. The zero-order valence-corrected chi connectivity index (χ0v) is 9.69. The Balaban J connectivity index is 2.10. The fourth-order valence-corrected chi connectivity index (χ4v) is 3.05. The molecule has 0 saturated carbocycles. The Labute approximate surface area is 96.7 Å². The first-order chi connectivity index (χ1) is 7.75. The maximum atomic E-state index is 6.07. The van der Waals surface area contributed by atoms with E-state index in [0.29, 0.717) is 6.04 Å². The average molecular weight is 214 g/mol. The van der Waals surface area contributed by atoms with Gasteiger partial charge >= 0.3 is 0 Å². The van der Waals surface area contributed by atoms with Crippen molar-refractivity contribution in [2.75, 3.05) is 13.6 Å². The zero-order valence-electron chi connectivity index (χ0n) is 9.69. The minimum Gasteiger partial charge on any atom is -0.323 e. The van der Waals surface area contributed by atoms with Crippen molar-refractivity contribution in [2.24, 2.45) is 5.73 Å². The van der Waals surface area contributed by atoms with E-state index in [0.717, 1.165) is 6.54 Å². The van der Waals surface area contributed by atoms with Gasteiger partial charge in [0.1, 0.15) is 0 Å². The lowest BCUT2D eigenvalue weighted by Gasteiger charge is -2.39. The highest BCUT2D eigenvalue weighted by Crippen LogP contribution is 2.35. The highest BCUT2D eigenvalue weighted by Gasteiger charge is 2.30. The molecule has 0 fully saturated rings. The number of hydrogen-bond acceptors (Lipinski definition) is 2. The van der Waals surface area contributed by atoms with Gasteiger partial charge in [-0.1, -0.05) is 30.3 Å². The molecule has 1 aromatic carbocycles. The Morgan fingerprint density at radius 3 is 3.00 bits per heavy atom. The molecule has 0 bridgehead atoms. The third-order valence-corrected chi connectivity index (χ3v) is 3.80. The number of hydrogen-bond donors (Lipinski definition) is 1. The van der Waals surface area contributed by atoms with Crippen LogP contribution in [-0.2, 0) is 6.42 Å². The van der Waals surface area contributed by atoms with E-state index >= 15 is 0 Å². The maximum absolute atomic E-state index is 6.07. The number of benzene rings is 1. The molecular weight excluding hydrogens is 196 g/mol. The van der Waals surface area contributed by atoms with Gasteiger partial charge in [0.15, 0.2) is 0 Å². The summed E-state index contributed by atoms with van der Waals surface area (Å²) in [6.45, 7) is 0.982. The van der Waals surface area contributed by atoms with Crippen molar-refractivity contribution < 1.29 is 0 Å². The van der Waals surface area contributed by atoms with E-state index in [1.54, 1.807) is 0 Å². The van der Waals surface area contributed by atoms with Crippen molar-refractivity contribution in [1.82, 2.24) is 4.90 Å². The van der Waals surface area contributed by atoms with Crippen LogP contribution in [0.5, 0.6) is 0 Å². The summed E-state index contributed by atoms with van der Waals surface area (Å²) in [5.74, 6) is 0. The molecule has 16 heavy (non-hydrogen) atoms. The van der Waals surface area contributed by atoms with Crippen LogP contribution in [-0.4, -0.2) is 30.6 Å². The van der Waals surface area contributed by atoms with Gasteiger partial charge in [0.05, 0.1) is 0 Å². The predicted molar refractivity (Wildman–Crippen MR) is 67.1 cm³/mol. The van der Waals surface area contributed by atoms with Crippen LogP contribution in [0.2, 0.25) is 0 Å². The molecular formula is C14H18N2. The van der Waals surface area contributed by atoms with Crippen LogP contribution in [0.25, 0.3) is 5.57 Å². The van der Waals surface area contributed by atoms with E-state index < -0.39 is 0 Å². The molecule has 1 heterocycles. The third-order valence-electron chi connectivity index (χ3n) is 3.80. The van der Waals surface area contributed by atoms with Crippen LogP contribution in [0.4, 0.5) is 0 Å². The molecule has 2 atom stereocenters. The van der Waals surface area contributed by atoms with E-state index in [9.17, 15) is 0 Å². The molecule has 1 aliphatic carbocycles. The molecule has 1 aliphatic heterocycles. The van der Waals surface area contributed by atoms with E-state index in [2.05, 4.69) is 42.3 Å². The first kappa shape index (κ1) is 10.1. The number of aryl methyl sites for hydroxylation is 1. The molecule has 84 valence electrons. The first-order valence-electron chi connectivity index (χ1n) is 6.01. The minimum absolute atomic E-state index is 0.183. The van der Waals surface area contributed by atoms with Gasteiger partial charge in [0, 0.05) is 18.6 Å². The lowest BCUT2D eigenvalue weighted by Crippen LogP contribution is -2.46. The summed E-state index contributed by atoms with van der Waals surface area (Å²) in [5.41, 5.74) is 10.4. The van der Waals surface area contributed by atoms with Crippen molar-refractivity contribution in [3.05, 3.63) is 41.5 Å². The van der Waals surface area contributed by atoms with Crippen LogP contribution in [0.1, 0.15) is 17.5 Å². The Hall–Kier alpha value is -1.12. The monoisotopic (exact) mass is 214 g/mol. The van der Waals surface area contributed by atoms with Crippen molar-refractivity contribution in [3.63, 3.8) is 0 Å². The van der Waals surface area contributed by atoms with Crippen LogP contribution >= 0.6 is 0 Å². The molecule has 2 nitrogen and oxygen atoms in total. The second kappa shape index (κ2) is 3.72. The Bertz CT molecular complexity index is 436. The Kier molecular flexibility index (Phi) is 2.34. The lowest BCUT2D eigenvalue weighted by atomic mass is 9.80. The SMILES string of the molecule is CN1C[C@@H](N)C=C2c3ccccc3CC[C@H]21. The number of likely N-dealkylation sites (N-methyl/N-ethyl adjacent to an activating group) is 1. The maximum Gasteiger partial charge on any atom is 0.0360 e. The van der Waals surface area contributed by atoms with Gasteiger partial charge in [0.2, 0.25) is 0 Å². The molecule has 0 saturated heterocycles. The van der Waals surface area contributed by atoms with Gasteiger partial charge in [-0.15, -0.1) is 0 Å². The summed E-state index contributed by atoms with van der Waals surface area (Å²) in [5, 5.41) is 0. The standard InChI is InChI=1S/C14H18N2/c1-16-9-11(15)8-13-12-5-3-2-4-10(12)6-7-14(13)16/h2-5,8,11,14H,6-7,9,15H2,1H3/t11-,14+/m0/s1. The Morgan fingerprint density at radius 2 is 2.12 bits per heavy atom. The summed E-state index contributed by atoms with van der Waals surface area (Å²) in [6.07, 6.45) is 4.69. The topological polar surface area (TPSA) is 29.3 Å². The first-order valence-corrected chi connectivity index (χ1v) is 6.01. The second-order valence-corrected chi connectivity index (χ2v) is 4.94. The van der Waals surface area contributed by atoms with Crippen molar-refractivity contribution in [1.29, 1.82) is 0 Å². The fourth-order valence-electron chi connectivity index (χ4n) is 3.05. The largest absolute Gasteiger partial charge is 0.323 e. The van der Waals surface area contributed by atoms with Gasteiger partial charge in [-0.3, -0.25) is 4.90 Å². The van der Waals surface area contributed by atoms with Crippen molar-refractivity contribution >= 4 is 5.57 Å². The van der Waals surface area contributed by atoms with Gasteiger partial charge in [-0.2, -0.15) is 0 Å². The molecule has 3 rings (SSSR count). The molecule has 0 unspecified atom stereocenters. The molecule has 2 heteroatoms. The second-order valence-electron chi connectivity index (χ2n) is 4.94. The summed E-state index contributed by atoms with van der Waals surface area (Å²) < 4.78 is 0. The van der Waals surface area contributed by atoms with Crippen LogP contribution in [0, 0.1) is 0 Å². The van der Waals surface area contributed by atoms with Crippen LogP contribution < -0.4 is 5.73 Å². The van der Waals surface area contributed by atoms with E-state index in [1.807, 2.05) is 0 Å². The summed E-state index contributed by atoms with van der Waals surface area (Å²) in [7, 11) is 2.19. The number of nitrogens with two attached hydrogens (primary N) is 1. The van der Waals surface area contributed by atoms with E-state index in [-0.39, 0.29) is 6.04 Å². The molecule has 0 radical (unpaired) electrons. The van der Waals surface area contributed by atoms with Crippen LogP contribution in [0.15, 0.2) is 30.3 Å². The van der Waals surface area contributed by atoms with E-state index in [4.69, 9.17) is 5.73 Å².